The monoisotopic (exact) mass is 236 g/mol. The van der Waals surface area contributed by atoms with E-state index in [4.69, 9.17) is 16.9 Å². The number of benzene rings is 1. The molecule has 0 saturated heterocycles. The highest BCUT2D eigenvalue weighted by Gasteiger charge is 2.09. The van der Waals surface area contributed by atoms with Gasteiger partial charge in [0.05, 0.1) is 12.0 Å². The molecule has 0 aliphatic carbocycles. The van der Waals surface area contributed by atoms with E-state index < -0.39 is 0 Å². The first kappa shape index (κ1) is 13.0. The first-order chi connectivity index (χ1) is 7.63. The van der Waals surface area contributed by atoms with Crippen molar-refractivity contribution in [3.8, 4) is 6.07 Å². The Kier molecular flexibility index (Phi) is 5.31. The van der Waals surface area contributed by atoms with Gasteiger partial charge in [-0.1, -0.05) is 23.7 Å². The lowest BCUT2D eigenvalue weighted by Crippen LogP contribution is -2.13. The summed E-state index contributed by atoms with van der Waals surface area (Å²) in [7, 11) is 4.09. The summed E-state index contributed by atoms with van der Waals surface area (Å²) in [5, 5.41) is 9.83. The first-order valence-corrected chi connectivity index (χ1v) is 5.81. The molecule has 86 valence electrons. The molecular weight excluding hydrogens is 220 g/mol. The lowest BCUT2D eigenvalue weighted by Gasteiger charge is -2.12. The van der Waals surface area contributed by atoms with E-state index in [-0.39, 0.29) is 5.92 Å². The van der Waals surface area contributed by atoms with Crippen LogP contribution in [0.15, 0.2) is 24.3 Å². The van der Waals surface area contributed by atoms with Crippen molar-refractivity contribution in [3.05, 3.63) is 34.9 Å². The molecule has 0 aliphatic rings. The van der Waals surface area contributed by atoms with Crippen LogP contribution in [0.25, 0.3) is 0 Å². The summed E-state index contributed by atoms with van der Waals surface area (Å²) < 4.78 is 0. The van der Waals surface area contributed by atoms with Gasteiger partial charge in [0.15, 0.2) is 0 Å². The molecule has 0 aromatic heterocycles. The predicted octanol–water partition coefficient (Wildman–Crippen LogP) is 3.29. The van der Waals surface area contributed by atoms with Gasteiger partial charge in [-0.3, -0.25) is 0 Å². The molecule has 0 heterocycles. The molecule has 1 unspecified atom stereocenters. The number of hydrogen-bond donors (Lipinski definition) is 0. The average Bonchev–Trinajstić information content (AvgIpc) is 2.26. The highest BCUT2D eigenvalue weighted by molar-refractivity contribution is 6.30. The van der Waals surface area contributed by atoms with Crippen molar-refractivity contribution in [2.24, 2.45) is 0 Å². The zero-order chi connectivity index (χ0) is 12.0. The van der Waals surface area contributed by atoms with Crippen LogP contribution in [0.2, 0.25) is 5.02 Å². The third-order valence-corrected chi connectivity index (χ3v) is 2.78. The largest absolute Gasteiger partial charge is 0.309 e. The van der Waals surface area contributed by atoms with Crippen molar-refractivity contribution < 1.29 is 0 Å². The van der Waals surface area contributed by atoms with Crippen molar-refractivity contribution in [2.45, 2.75) is 18.8 Å². The third-order valence-electron chi connectivity index (χ3n) is 2.53. The minimum absolute atomic E-state index is 0.0165. The lowest BCUT2D eigenvalue weighted by atomic mass is 9.96. The Balaban J connectivity index is 2.55. The fourth-order valence-electron chi connectivity index (χ4n) is 1.61. The Morgan fingerprint density at radius 1 is 1.31 bits per heavy atom. The molecule has 0 fully saturated rings. The van der Waals surface area contributed by atoms with Gasteiger partial charge in [-0.2, -0.15) is 5.26 Å². The van der Waals surface area contributed by atoms with Gasteiger partial charge in [-0.15, -0.1) is 0 Å². The van der Waals surface area contributed by atoms with Crippen LogP contribution in [0, 0.1) is 11.3 Å². The summed E-state index contributed by atoms with van der Waals surface area (Å²) in [4.78, 5) is 2.14. The van der Waals surface area contributed by atoms with Gasteiger partial charge in [-0.25, -0.2) is 0 Å². The van der Waals surface area contributed by atoms with Gasteiger partial charge in [0.2, 0.25) is 0 Å². The number of nitrogens with zero attached hydrogens (tertiary/aromatic N) is 2. The number of halogens is 1. The van der Waals surface area contributed by atoms with Crippen LogP contribution in [0.4, 0.5) is 0 Å². The van der Waals surface area contributed by atoms with Crippen molar-refractivity contribution >= 4 is 11.6 Å². The van der Waals surface area contributed by atoms with E-state index in [1.165, 1.54) is 0 Å². The standard InChI is InChI=1S/C13H17ClN2/c1-16(2)9-3-4-12(10-15)11-5-7-13(14)8-6-11/h5-8,12H,3-4,9H2,1-2H3. The number of hydrogen-bond acceptors (Lipinski definition) is 2. The molecule has 2 nitrogen and oxygen atoms in total. The second-order valence-corrected chi connectivity index (χ2v) is 4.62. The summed E-state index contributed by atoms with van der Waals surface area (Å²) in [6.07, 6.45) is 1.93. The molecule has 0 radical (unpaired) electrons. The molecule has 3 heteroatoms. The maximum Gasteiger partial charge on any atom is 0.0713 e. The van der Waals surface area contributed by atoms with Crippen molar-refractivity contribution in [1.29, 1.82) is 5.26 Å². The first-order valence-electron chi connectivity index (χ1n) is 5.43. The SMILES string of the molecule is CN(C)CCCC(C#N)c1ccc(Cl)cc1. The Morgan fingerprint density at radius 2 is 1.94 bits per heavy atom. The molecule has 0 amide bonds. The maximum atomic E-state index is 9.12. The van der Waals surface area contributed by atoms with E-state index in [1.54, 1.807) is 0 Å². The van der Waals surface area contributed by atoms with E-state index >= 15 is 0 Å². The Labute approximate surface area is 102 Å². The molecule has 0 bridgehead atoms. The second kappa shape index (κ2) is 6.52. The van der Waals surface area contributed by atoms with E-state index in [2.05, 4.69) is 11.0 Å². The zero-order valence-corrected chi connectivity index (χ0v) is 10.5. The summed E-state index contributed by atoms with van der Waals surface area (Å²) in [5.41, 5.74) is 1.06. The van der Waals surface area contributed by atoms with E-state index in [0.29, 0.717) is 5.02 Å². The Morgan fingerprint density at radius 3 is 2.44 bits per heavy atom. The summed E-state index contributed by atoms with van der Waals surface area (Å²) in [6.45, 7) is 1.02. The van der Waals surface area contributed by atoms with Crippen molar-refractivity contribution in [3.63, 3.8) is 0 Å². The molecule has 16 heavy (non-hydrogen) atoms. The molecule has 0 saturated carbocycles. The van der Waals surface area contributed by atoms with Gasteiger partial charge in [-0.05, 0) is 51.2 Å². The predicted molar refractivity (Wildman–Crippen MR) is 67.6 cm³/mol. The second-order valence-electron chi connectivity index (χ2n) is 4.18. The molecule has 1 aromatic carbocycles. The van der Waals surface area contributed by atoms with Crippen LogP contribution in [-0.2, 0) is 0 Å². The summed E-state index contributed by atoms with van der Waals surface area (Å²) in [6, 6.07) is 9.90. The van der Waals surface area contributed by atoms with E-state index in [0.717, 1.165) is 24.9 Å². The van der Waals surface area contributed by atoms with Crippen molar-refractivity contribution in [2.75, 3.05) is 20.6 Å². The van der Waals surface area contributed by atoms with Gasteiger partial charge < -0.3 is 4.90 Å². The molecule has 1 aromatic rings. The van der Waals surface area contributed by atoms with Gasteiger partial charge in [0.1, 0.15) is 0 Å². The van der Waals surface area contributed by atoms with Crippen LogP contribution in [-0.4, -0.2) is 25.5 Å². The van der Waals surface area contributed by atoms with Gasteiger partial charge >= 0.3 is 0 Å². The quantitative estimate of drug-likeness (QED) is 0.785. The normalized spacial score (nSPS) is 12.4. The highest BCUT2D eigenvalue weighted by atomic mass is 35.5. The molecule has 0 aliphatic heterocycles. The van der Waals surface area contributed by atoms with Gasteiger partial charge in [0.25, 0.3) is 0 Å². The zero-order valence-electron chi connectivity index (χ0n) is 9.78. The molecule has 1 rings (SSSR count). The fourth-order valence-corrected chi connectivity index (χ4v) is 1.74. The summed E-state index contributed by atoms with van der Waals surface area (Å²) in [5.74, 6) is -0.0165. The molecule has 1 atom stereocenters. The van der Waals surface area contributed by atoms with Gasteiger partial charge in [0, 0.05) is 5.02 Å². The minimum atomic E-state index is -0.0165. The Bertz CT molecular complexity index is 351. The number of nitriles is 1. The molecule has 0 spiro atoms. The molecule has 0 N–H and O–H groups in total. The smallest absolute Gasteiger partial charge is 0.0713 e. The van der Waals surface area contributed by atoms with E-state index in [1.807, 2.05) is 38.4 Å². The fraction of sp³-hybridized carbons (Fsp3) is 0.462. The average molecular weight is 237 g/mol. The van der Waals surface area contributed by atoms with Crippen LogP contribution < -0.4 is 0 Å². The molecular formula is C13H17ClN2. The maximum absolute atomic E-state index is 9.12. The van der Waals surface area contributed by atoms with Crippen LogP contribution in [0.1, 0.15) is 24.3 Å². The summed E-state index contributed by atoms with van der Waals surface area (Å²) >= 11 is 5.82. The number of rotatable bonds is 5. The van der Waals surface area contributed by atoms with E-state index in [9.17, 15) is 0 Å². The van der Waals surface area contributed by atoms with Crippen LogP contribution in [0.3, 0.4) is 0 Å². The van der Waals surface area contributed by atoms with Crippen molar-refractivity contribution in [1.82, 2.24) is 4.90 Å². The minimum Gasteiger partial charge on any atom is -0.309 e. The Hall–Kier alpha value is -1.04. The lowest BCUT2D eigenvalue weighted by molar-refractivity contribution is 0.391. The van der Waals surface area contributed by atoms with Crippen LogP contribution in [0.5, 0.6) is 0 Å². The highest BCUT2D eigenvalue weighted by Crippen LogP contribution is 2.22. The third kappa shape index (κ3) is 4.22. The topological polar surface area (TPSA) is 27.0 Å². The van der Waals surface area contributed by atoms with Crippen LogP contribution >= 0.6 is 11.6 Å².